The zero-order valence-corrected chi connectivity index (χ0v) is 9.22. The Kier molecular flexibility index (Phi) is 2.14. The van der Waals surface area contributed by atoms with Gasteiger partial charge in [-0.15, -0.1) is 0 Å². The molecule has 2 N–H and O–H groups in total. The van der Waals surface area contributed by atoms with Gasteiger partial charge >= 0.3 is 0 Å². The van der Waals surface area contributed by atoms with Crippen molar-refractivity contribution in [3.8, 4) is 0 Å². The second-order valence-electron chi connectivity index (χ2n) is 4.60. The SMILES string of the molecule is Cc1cnc2c(c1)NC(=O)C(C)(C)CN2. The summed E-state index contributed by atoms with van der Waals surface area (Å²) in [7, 11) is 0. The number of amides is 1. The summed E-state index contributed by atoms with van der Waals surface area (Å²) in [6, 6.07) is 1.93. The summed E-state index contributed by atoms with van der Waals surface area (Å²) >= 11 is 0. The lowest BCUT2D eigenvalue weighted by Crippen LogP contribution is -2.34. The van der Waals surface area contributed by atoms with Gasteiger partial charge in [0.15, 0.2) is 0 Å². The van der Waals surface area contributed by atoms with Crippen LogP contribution in [0.3, 0.4) is 0 Å². The minimum absolute atomic E-state index is 0.0288. The summed E-state index contributed by atoms with van der Waals surface area (Å²) in [6.07, 6.45) is 1.79. The van der Waals surface area contributed by atoms with Crippen molar-refractivity contribution in [2.24, 2.45) is 5.41 Å². The molecule has 2 rings (SSSR count). The topological polar surface area (TPSA) is 54.0 Å². The van der Waals surface area contributed by atoms with Crippen molar-refractivity contribution in [1.82, 2.24) is 4.98 Å². The van der Waals surface area contributed by atoms with Crippen molar-refractivity contribution in [3.05, 3.63) is 17.8 Å². The van der Waals surface area contributed by atoms with Crippen LogP contribution in [0.5, 0.6) is 0 Å². The zero-order valence-electron chi connectivity index (χ0n) is 9.22. The molecule has 0 saturated heterocycles. The van der Waals surface area contributed by atoms with Crippen molar-refractivity contribution in [2.45, 2.75) is 20.8 Å². The molecule has 0 fully saturated rings. The molecule has 15 heavy (non-hydrogen) atoms. The van der Waals surface area contributed by atoms with E-state index in [-0.39, 0.29) is 5.91 Å². The van der Waals surface area contributed by atoms with Crippen LogP contribution in [0, 0.1) is 12.3 Å². The van der Waals surface area contributed by atoms with Crippen molar-refractivity contribution in [1.29, 1.82) is 0 Å². The van der Waals surface area contributed by atoms with Crippen LogP contribution in [0.15, 0.2) is 12.3 Å². The molecule has 0 radical (unpaired) electrons. The molecule has 1 aromatic rings. The van der Waals surface area contributed by atoms with Crippen LogP contribution < -0.4 is 10.6 Å². The van der Waals surface area contributed by atoms with Crippen LogP contribution in [-0.2, 0) is 4.79 Å². The molecule has 0 unspecified atom stereocenters. The third-order valence-electron chi connectivity index (χ3n) is 2.59. The monoisotopic (exact) mass is 205 g/mol. The summed E-state index contributed by atoms with van der Waals surface area (Å²) in [4.78, 5) is 16.1. The van der Waals surface area contributed by atoms with E-state index in [1.54, 1.807) is 6.20 Å². The van der Waals surface area contributed by atoms with Crippen LogP contribution in [0.4, 0.5) is 11.5 Å². The lowest BCUT2D eigenvalue weighted by atomic mass is 9.93. The number of carbonyl (C=O) groups is 1. The minimum atomic E-state index is -0.408. The van der Waals surface area contributed by atoms with E-state index in [0.29, 0.717) is 6.54 Å². The third kappa shape index (κ3) is 1.79. The van der Waals surface area contributed by atoms with Crippen molar-refractivity contribution in [2.75, 3.05) is 17.2 Å². The quantitative estimate of drug-likeness (QED) is 0.678. The average molecular weight is 205 g/mol. The predicted octanol–water partition coefficient (Wildman–Crippen LogP) is 1.78. The number of hydrogen-bond acceptors (Lipinski definition) is 3. The molecule has 80 valence electrons. The summed E-state index contributed by atoms with van der Waals surface area (Å²) in [5, 5.41) is 6.07. The molecule has 0 aromatic carbocycles. The van der Waals surface area contributed by atoms with E-state index in [9.17, 15) is 4.79 Å². The molecule has 0 atom stereocenters. The molecular formula is C11H15N3O. The maximum absolute atomic E-state index is 11.8. The smallest absolute Gasteiger partial charge is 0.231 e. The summed E-state index contributed by atoms with van der Waals surface area (Å²) in [5.74, 6) is 0.778. The second kappa shape index (κ2) is 3.22. The Morgan fingerprint density at radius 1 is 1.47 bits per heavy atom. The Morgan fingerprint density at radius 2 is 2.20 bits per heavy atom. The fourth-order valence-electron chi connectivity index (χ4n) is 1.48. The average Bonchev–Trinajstić information content (AvgIpc) is 2.25. The first-order valence-electron chi connectivity index (χ1n) is 5.01. The number of pyridine rings is 1. The van der Waals surface area contributed by atoms with E-state index in [4.69, 9.17) is 0 Å². The van der Waals surface area contributed by atoms with E-state index in [2.05, 4.69) is 15.6 Å². The summed E-state index contributed by atoms with van der Waals surface area (Å²) in [5.41, 5.74) is 1.40. The largest absolute Gasteiger partial charge is 0.367 e. The number of rotatable bonds is 0. The molecule has 0 saturated carbocycles. The fraction of sp³-hybridized carbons (Fsp3) is 0.455. The van der Waals surface area contributed by atoms with Gasteiger partial charge in [-0.05, 0) is 32.4 Å². The minimum Gasteiger partial charge on any atom is -0.367 e. The first-order chi connectivity index (χ1) is 6.99. The molecule has 0 aliphatic carbocycles. The Bertz CT molecular complexity index is 412. The van der Waals surface area contributed by atoms with E-state index in [1.165, 1.54) is 0 Å². The van der Waals surface area contributed by atoms with Gasteiger partial charge in [0.05, 0.1) is 11.1 Å². The number of anilines is 2. The van der Waals surface area contributed by atoms with E-state index < -0.39 is 5.41 Å². The number of aromatic nitrogens is 1. The van der Waals surface area contributed by atoms with Crippen molar-refractivity contribution in [3.63, 3.8) is 0 Å². The second-order valence-corrected chi connectivity index (χ2v) is 4.60. The maximum Gasteiger partial charge on any atom is 0.231 e. The summed E-state index contributed by atoms with van der Waals surface area (Å²) < 4.78 is 0. The highest BCUT2D eigenvalue weighted by molar-refractivity contribution is 5.98. The molecule has 4 nitrogen and oxygen atoms in total. The number of nitrogens with one attached hydrogen (secondary N) is 2. The molecular weight excluding hydrogens is 190 g/mol. The Labute approximate surface area is 89.1 Å². The number of carbonyl (C=O) groups excluding carboxylic acids is 1. The fourth-order valence-corrected chi connectivity index (χ4v) is 1.48. The van der Waals surface area contributed by atoms with E-state index in [0.717, 1.165) is 17.1 Å². The molecule has 0 bridgehead atoms. The Morgan fingerprint density at radius 3 is 2.93 bits per heavy atom. The molecule has 1 aliphatic heterocycles. The molecule has 0 spiro atoms. The first kappa shape index (κ1) is 9.96. The van der Waals surface area contributed by atoms with Crippen LogP contribution in [0.2, 0.25) is 0 Å². The van der Waals surface area contributed by atoms with Gasteiger partial charge in [-0.3, -0.25) is 4.79 Å². The van der Waals surface area contributed by atoms with Crippen LogP contribution in [-0.4, -0.2) is 17.4 Å². The molecule has 2 heterocycles. The van der Waals surface area contributed by atoms with Gasteiger partial charge in [-0.1, -0.05) is 0 Å². The molecule has 1 aliphatic rings. The van der Waals surface area contributed by atoms with Gasteiger partial charge in [0, 0.05) is 12.7 Å². The van der Waals surface area contributed by atoms with Crippen molar-refractivity contribution >= 4 is 17.4 Å². The van der Waals surface area contributed by atoms with Gasteiger partial charge in [0.2, 0.25) is 5.91 Å². The standard InChI is InChI=1S/C11H15N3O/c1-7-4-8-9(12-5-7)13-6-11(2,3)10(15)14-8/h4-5H,6H2,1-3H3,(H,12,13)(H,14,15). The normalized spacial score (nSPS) is 18.5. The van der Waals surface area contributed by atoms with Gasteiger partial charge in [-0.25, -0.2) is 4.98 Å². The van der Waals surface area contributed by atoms with E-state index in [1.807, 2.05) is 26.8 Å². The number of nitrogens with zero attached hydrogens (tertiary/aromatic N) is 1. The van der Waals surface area contributed by atoms with Crippen LogP contribution >= 0.6 is 0 Å². The number of hydrogen-bond donors (Lipinski definition) is 2. The van der Waals surface area contributed by atoms with Gasteiger partial charge in [0.1, 0.15) is 5.82 Å². The summed E-state index contributed by atoms with van der Waals surface area (Å²) in [6.45, 7) is 6.37. The number of fused-ring (bicyclic) bond motifs is 1. The van der Waals surface area contributed by atoms with Crippen molar-refractivity contribution < 1.29 is 4.79 Å². The Hall–Kier alpha value is -1.58. The zero-order chi connectivity index (χ0) is 11.1. The molecule has 1 amide bonds. The van der Waals surface area contributed by atoms with Gasteiger partial charge in [-0.2, -0.15) is 0 Å². The highest BCUT2D eigenvalue weighted by atomic mass is 16.2. The van der Waals surface area contributed by atoms with Gasteiger partial charge in [0.25, 0.3) is 0 Å². The van der Waals surface area contributed by atoms with Gasteiger partial charge < -0.3 is 10.6 Å². The predicted molar refractivity (Wildman–Crippen MR) is 59.9 cm³/mol. The molecule has 4 heteroatoms. The maximum atomic E-state index is 11.8. The first-order valence-corrected chi connectivity index (χ1v) is 5.01. The number of aryl methyl sites for hydroxylation is 1. The lowest BCUT2D eigenvalue weighted by Gasteiger charge is -2.19. The molecule has 1 aromatic heterocycles. The van der Waals surface area contributed by atoms with E-state index >= 15 is 0 Å². The lowest BCUT2D eigenvalue weighted by molar-refractivity contribution is -0.123. The highest BCUT2D eigenvalue weighted by Crippen LogP contribution is 2.28. The van der Waals surface area contributed by atoms with Crippen LogP contribution in [0.1, 0.15) is 19.4 Å². The highest BCUT2D eigenvalue weighted by Gasteiger charge is 2.31. The Balaban J connectivity index is 2.40. The third-order valence-corrected chi connectivity index (χ3v) is 2.59. The van der Waals surface area contributed by atoms with Crippen LogP contribution in [0.25, 0.3) is 0 Å².